The minimum atomic E-state index is 0.227. The van der Waals surface area contributed by atoms with Crippen LogP contribution in [0, 0.1) is 0 Å². The van der Waals surface area contributed by atoms with Gasteiger partial charge in [-0.05, 0) is 64.5 Å². The number of halogens is 1. The van der Waals surface area contributed by atoms with Crippen molar-refractivity contribution < 1.29 is 4.74 Å². The largest absolute Gasteiger partial charge is 0.496 e. The van der Waals surface area contributed by atoms with E-state index in [4.69, 9.17) is 10.6 Å². The second-order valence-corrected chi connectivity index (χ2v) is 5.79. The van der Waals surface area contributed by atoms with Crippen molar-refractivity contribution in [1.29, 1.82) is 0 Å². The van der Waals surface area contributed by atoms with Crippen LogP contribution in [0.15, 0.2) is 47.2 Å². The maximum Gasteiger partial charge on any atom is 0.133 e. The number of benzene rings is 1. The van der Waals surface area contributed by atoms with Gasteiger partial charge in [0.25, 0.3) is 0 Å². The van der Waals surface area contributed by atoms with E-state index in [0.717, 1.165) is 29.5 Å². The van der Waals surface area contributed by atoms with Crippen LogP contribution in [0.1, 0.15) is 17.5 Å². The van der Waals surface area contributed by atoms with Crippen LogP contribution < -0.4 is 16.0 Å². The number of ether oxygens (including phenoxy) is 1. The molecule has 0 radical (unpaired) electrons. The third-order valence-corrected chi connectivity index (χ3v) is 4.06. The zero-order chi connectivity index (χ0) is 15.1. The van der Waals surface area contributed by atoms with Gasteiger partial charge in [-0.1, -0.05) is 12.1 Å². The Balaban J connectivity index is 1.94. The van der Waals surface area contributed by atoms with Gasteiger partial charge in [-0.2, -0.15) is 0 Å². The van der Waals surface area contributed by atoms with E-state index in [0.29, 0.717) is 0 Å². The average molecular weight is 350 g/mol. The second-order valence-electron chi connectivity index (χ2n) is 4.94. The number of methoxy groups -OCH3 is 1. The third kappa shape index (κ3) is 4.81. The van der Waals surface area contributed by atoms with Crippen molar-refractivity contribution in [2.45, 2.75) is 25.3 Å². The van der Waals surface area contributed by atoms with E-state index < -0.39 is 0 Å². The summed E-state index contributed by atoms with van der Waals surface area (Å²) >= 11 is 3.51. The molecule has 1 aromatic heterocycles. The molecule has 5 heteroatoms. The Morgan fingerprint density at radius 1 is 1.33 bits per heavy atom. The summed E-state index contributed by atoms with van der Waals surface area (Å²) in [6.45, 7) is 0. The van der Waals surface area contributed by atoms with E-state index in [1.54, 1.807) is 13.3 Å². The summed E-state index contributed by atoms with van der Waals surface area (Å²) in [4.78, 5) is 4.13. The molecular formula is C16H20BrN3O. The lowest BCUT2D eigenvalue weighted by atomic mass is 10.00. The summed E-state index contributed by atoms with van der Waals surface area (Å²) in [5.41, 5.74) is 5.35. The summed E-state index contributed by atoms with van der Waals surface area (Å²) in [5, 5.41) is 0. The third-order valence-electron chi connectivity index (χ3n) is 3.44. The number of hydrazine groups is 1. The fourth-order valence-electron chi connectivity index (χ4n) is 2.25. The summed E-state index contributed by atoms with van der Waals surface area (Å²) < 4.78 is 6.21. The smallest absolute Gasteiger partial charge is 0.133 e. The molecule has 0 aliphatic carbocycles. The minimum Gasteiger partial charge on any atom is -0.496 e. The van der Waals surface area contributed by atoms with Gasteiger partial charge in [0.2, 0.25) is 0 Å². The topological polar surface area (TPSA) is 60.2 Å². The zero-order valence-corrected chi connectivity index (χ0v) is 13.6. The van der Waals surface area contributed by atoms with Crippen molar-refractivity contribution >= 4 is 15.9 Å². The Hall–Kier alpha value is -1.43. The first-order chi connectivity index (χ1) is 10.2. The Labute approximate surface area is 133 Å². The molecule has 3 N–H and O–H groups in total. The number of aromatic nitrogens is 1. The summed E-state index contributed by atoms with van der Waals surface area (Å²) in [7, 11) is 1.66. The molecule has 1 heterocycles. The van der Waals surface area contributed by atoms with Gasteiger partial charge in [-0.15, -0.1) is 0 Å². The van der Waals surface area contributed by atoms with Gasteiger partial charge in [0.05, 0.1) is 11.6 Å². The van der Waals surface area contributed by atoms with Crippen molar-refractivity contribution in [2.24, 2.45) is 5.84 Å². The SMILES string of the molecule is COc1ccc(CC(CCc2cccnc2)NN)cc1Br. The van der Waals surface area contributed by atoms with Crippen LogP contribution in [-0.4, -0.2) is 18.1 Å². The van der Waals surface area contributed by atoms with Gasteiger partial charge < -0.3 is 4.74 Å². The predicted molar refractivity (Wildman–Crippen MR) is 88.1 cm³/mol. The summed E-state index contributed by atoms with van der Waals surface area (Å²) in [6.07, 6.45) is 6.49. The maximum atomic E-state index is 5.68. The molecule has 0 fully saturated rings. The highest BCUT2D eigenvalue weighted by Gasteiger charge is 2.10. The number of hydrogen-bond acceptors (Lipinski definition) is 4. The van der Waals surface area contributed by atoms with E-state index >= 15 is 0 Å². The Morgan fingerprint density at radius 2 is 2.19 bits per heavy atom. The molecule has 0 spiro atoms. The van der Waals surface area contributed by atoms with Gasteiger partial charge >= 0.3 is 0 Å². The highest BCUT2D eigenvalue weighted by molar-refractivity contribution is 9.10. The molecule has 0 saturated carbocycles. The normalized spacial score (nSPS) is 12.1. The van der Waals surface area contributed by atoms with Gasteiger partial charge in [-0.3, -0.25) is 16.3 Å². The maximum absolute atomic E-state index is 5.68. The van der Waals surface area contributed by atoms with Crippen LogP contribution in [0.25, 0.3) is 0 Å². The molecule has 1 unspecified atom stereocenters. The van der Waals surface area contributed by atoms with E-state index in [2.05, 4.69) is 44.5 Å². The molecule has 1 aromatic carbocycles. The lowest BCUT2D eigenvalue weighted by Crippen LogP contribution is -2.37. The van der Waals surface area contributed by atoms with Crippen LogP contribution in [0.4, 0.5) is 0 Å². The Morgan fingerprint density at radius 3 is 2.81 bits per heavy atom. The molecule has 0 aliphatic heterocycles. The van der Waals surface area contributed by atoms with E-state index in [-0.39, 0.29) is 6.04 Å². The molecule has 112 valence electrons. The summed E-state index contributed by atoms with van der Waals surface area (Å²) in [5.74, 6) is 6.52. The molecule has 0 amide bonds. The molecule has 2 aromatic rings. The van der Waals surface area contributed by atoms with Crippen LogP contribution in [0.5, 0.6) is 5.75 Å². The van der Waals surface area contributed by atoms with Crippen LogP contribution >= 0.6 is 15.9 Å². The summed E-state index contributed by atoms with van der Waals surface area (Å²) in [6, 6.07) is 10.4. The van der Waals surface area contributed by atoms with Crippen LogP contribution in [-0.2, 0) is 12.8 Å². The van der Waals surface area contributed by atoms with Crippen molar-refractivity contribution in [3.05, 3.63) is 58.3 Å². The molecule has 0 aliphatic rings. The van der Waals surface area contributed by atoms with Crippen LogP contribution in [0.3, 0.4) is 0 Å². The Kier molecular flexibility index (Phi) is 6.17. The monoisotopic (exact) mass is 349 g/mol. The first-order valence-corrected chi connectivity index (χ1v) is 7.69. The van der Waals surface area contributed by atoms with Gasteiger partial charge in [0.1, 0.15) is 5.75 Å². The standard InChI is InChI=1S/C16H20BrN3O/c1-21-16-7-5-13(10-15(16)17)9-14(20-18)6-4-12-3-2-8-19-11-12/h2-3,5,7-8,10-11,14,20H,4,6,9,18H2,1H3. The highest BCUT2D eigenvalue weighted by atomic mass is 79.9. The first kappa shape index (κ1) is 15.9. The first-order valence-electron chi connectivity index (χ1n) is 6.90. The molecule has 21 heavy (non-hydrogen) atoms. The Bertz CT molecular complexity index is 563. The van der Waals surface area contributed by atoms with E-state index in [1.165, 1.54) is 11.1 Å². The number of nitrogens with zero attached hydrogens (tertiary/aromatic N) is 1. The predicted octanol–water partition coefficient (Wildman–Crippen LogP) is 2.86. The van der Waals surface area contributed by atoms with Gasteiger partial charge in [-0.25, -0.2) is 0 Å². The lowest BCUT2D eigenvalue weighted by Gasteiger charge is -2.16. The highest BCUT2D eigenvalue weighted by Crippen LogP contribution is 2.26. The van der Waals surface area contributed by atoms with Gasteiger partial charge in [0.15, 0.2) is 0 Å². The van der Waals surface area contributed by atoms with E-state index in [9.17, 15) is 0 Å². The van der Waals surface area contributed by atoms with Crippen LogP contribution in [0.2, 0.25) is 0 Å². The van der Waals surface area contributed by atoms with E-state index in [1.807, 2.05) is 18.3 Å². The molecule has 0 saturated heterocycles. The quantitative estimate of drug-likeness (QED) is 0.596. The number of nitrogens with two attached hydrogens (primary N) is 1. The second kappa shape index (κ2) is 8.12. The molecule has 1 atom stereocenters. The number of rotatable bonds is 7. The average Bonchev–Trinajstić information content (AvgIpc) is 2.52. The molecular weight excluding hydrogens is 330 g/mol. The zero-order valence-electron chi connectivity index (χ0n) is 12.1. The fourth-order valence-corrected chi connectivity index (χ4v) is 2.84. The van der Waals surface area contributed by atoms with Crippen molar-refractivity contribution in [3.63, 3.8) is 0 Å². The molecule has 2 rings (SSSR count). The van der Waals surface area contributed by atoms with Crippen molar-refractivity contribution in [3.8, 4) is 5.75 Å². The number of aryl methyl sites for hydroxylation is 1. The van der Waals surface area contributed by atoms with Crippen molar-refractivity contribution in [1.82, 2.24) is 10.4 Å². The molecule has 4 nitrogen and oxygen atoms in total. The fraction of sp³-hybridized carbons (Fsp3) is 0.312. The molecule has 0 bridgehead atoms. The minimum absolute atomic E-state index is 0.227. The number of pyridine rings is 1. The lowest BCUT2D eigenvalue weighted by molar-refractivity contribution is 0.411. The number of hydrogen-bond donors (Lipinski definition) is 2. The van der Waals surface area contributed by atoms with Crippen molar-refractivity contribution in [2.75, 3.05) is 7.11 Å². The number of nitrogens with one attached hydrogen (secondary N) is 1. The van der Waals surface area contributed by atoms with Gasteiger partial charge in [0, 0.05) is 18.4 Å².